The SMILES string of the molecule is CN[C@@H](C)C(=O)N[C@H](C(=O)N1CCC[C@H]1Cc1c(-c2c(C[C@@H]3CCCN3C(=O)[C@@H](NC(=O)[C@H](C)NC)C(C)C)c3ccc(F)cc3n2[C@H]2O[C@@H](C)[C@@H](O)[C@@H](O)[C@@H]2O)[nH]c2cc(F)ccc12)C(C)C. The Balaban J connectivity index is 1.41. The molecule has 0 saturated carbocycles. The molecule has 4 amide bonds. The lowest BCUT2D eigenvalue weighted by molar-refractivity contribution is -0.238. The van der Waals surface area contributed by atoms with Gasteiger partial charge >= 0.3 is 0 Å². The van der Waals surface area contributed by atoms with E-state index in [1.165, 1.54) is 24.3 Å². The van der Waals surface area contributed by atoms with Crippen molar-refractivity contribution in [3.8, 4) is 11.4 Å². The molecule has 2 aromatic carbocycles. The van der Waals surface area contributed by atoms with E-state index in [2.05, 4.69) is 26.3 Å². The second-order valence-electron chi connectivity index (χ2n) is 19.8. The van der Waals surface area contributed by atoms with Gasteiger partial charge in [-0.15, -0.1) is 0 Å². The van der Waals surface area contributed by atoms with Crippen molar-refractivity contribution in [3.63, 3.8) is 0 Å². The van der Waals surface area contributed by atoms with Crippen molar-refractivity contribution < 1.29 is 48.0 Å². The first-order chi connectivity index (χ1) is 32.3. The molecule has 68 heavy (non-hydrogen) atoms. The third-order valence-electron chi connectivity index (χ3n) is 14.6. The molecule has 3 fully saturated rings. The number of aromatic amines is 1. The minimum atomic E-state index is -1.70. The van der Waals surface area contributed by atoms with Gasteiger partial charge in [-0.3, -0.25) is 19.2 Å². The highest BCUT2D eigenvalue weighted by molar-refractivity contribution is 5.98. The Bertz CT molecular complexity index is 2490. The molecule has 0 radical (unpaired) electrons. The van der Waals surface area contributed by atoms with Crippen molar-refractivity contribution in [1.82, 2.24) is 40.6 Å². The molecule has 5 heterocycles. The maximum Gasteiger partial charge on any atom is 0.245 e. The van der Waals surface area contributed by atoms with Crippen LogP contribution in [0.5, 0.6) is 0 Å². The summed E-state index contributed by atoms with van der Waals surface area (Å²) >= 11 is 0. The van der Waals surface area contributed by atoms with Crippen LogP contribution in [-0.4, -0.2) is 146 Å². The molecule has 0 bridgehead atoms. The molecule has 0 spiro atoms. The molecular weight excluding hydrogens is 879 g/mol. The summed E-state index contributed by atoms with van der Waals surface area (Å²) < 4.78 is 39.0. The fraction of sp³-hybridized carbons (Fsp3) is 0.600. The zero-order chi connectivity index (χ0) is 49.5. The van der Waals surface area contributed by atoms with Crippen LogP contribution in [0.15, 0.2) is 36.4 Å². The summed E-state index contributed by atoms with van der Waals surface area (Å²) in [6.45, 7) is 13.4. The number of hydrogen-bond donors (Lipinski definition) is 8. The van der Waals surface area contributed by atoms with E-state index < -0.39 is 72.5 Å². The summed E-state index contributed by atoms with van der Waals surface area (Å²) in [4.78, 5) is 62.5. The number of aliphatic hydroxyl groups excluding tert-OH is 3. The van der Waals surface area contributed by atoms with Crippen molar-refractivity contribution in [2.45, 2.75) is 154 Å². The molecule has 16 nitrogen and oxygen atoms in total. The topological polar surface area (TPSA) is 214 Å². The number of likely N-dealkylation sites (N-methyl/N-ethyl adjacent to an activating group) is 2. The minimum Gasteiger partial charge on any atom is -0.388 e. The highest BCUT2D eigenvalue weighted by atomic mass is 19.1. The normalized spacial score (nSPS) is 25.1. The lowest BCUT2D eigenvalue weighted by Gasteiger charge is -2.41. The Hall–Kier alpha value is -4.98. The Morgan fingerprint density at radius 2 is 1.22 bits per heavy atom. The highest BCUT2D eigenvalue weighted by Crippen LogP contribution is 2.45. The van der Waals surface area contributed by atoms with Gasteiger partial charge in [-0.2, -0.15) is 0 Å². The summed E-state index contributed by atoms with van der Waals surface area (Å²) in [6.07, 6.45) is -4.06. The van der Waals surface area contributed by atoms with Crippen molar-refractivity contribution in [2.24, 2.45) is 11.8 Å². The van der Waals surface area contributed by atoms with E-state index >= 15 is 8.78 Å². The first kappa shape index (κ1) is 50.9. The van der Waals surface area contributed by atoms with E-state index in [0.29, 0.717) is 83.1 Å². The number of halogens is 2. The van der Waals surface area contributed by atoms with E-state index in [4.69, 9.17) is 4.74 Å². The van der Waals surface area contributed by atoms with Crippen molar-refractivity contribution in [3.05, 3.63) is 59.2 Å². The zero-order valence-electron chi connectivity index (χ0n) is 40.6. The fourth-order valence-corrected chi connectivity index (χ4v) is 10.3. The molecule has 4 aromatic rings. The number of nitrogens with zero attached hydrogens (tertiary/aromatic N) is 3. The average molecular weight is 949 g/mol. The highest BCUT2D eigenvalue weighted by Gasteiger charge is 2.46. The predicted molar refractivity (Wildman–Crippen MR) is 254 cm³/mol. The smallest absolute Gasteiger partial charge is 0.245 e. The number of H-pyrrole nitrogens is 1. The summed E-state index contributed by atoms with van der Waals surface area (Å²) in [7, 11) is 3.34. The number of benzene rings is 2. The van der Waals surface area contributed by atoms with E-state index in [-0.39, 0.29) is 54.3 Å². The first-order valence-electron chi connectivity index (χ1n) is 24.2. The summed E-state index contributed by atoms with van der Waals surface area (Å²) in [5.41, 5.74) is 2.99. The minimum absolute atomic E-state index is 0.223. The Morgan fingerprint density at radius 3 is 1.74 bits per heavy atom. The van der Waals surface area contributed by atoms with Gasteiger partial charge in [-0.05, 0) is 133 Å². The molecule has 3 saturated heterocycles. The Morgan fingerprint density at radius 1 is 0.721 bits per heavy atom. The van der Waals surface area contributed by atoms with Crippen LogP contribution in [0.25, 0.3) is 33.2 Å². The lowest BCUT2D eigenvalue weighted by Crippen LogP contribution is -2.55. The van der Waals surface area contributed by atoms with Gasteiger partial charge in [0.1, 0.15) is 42.0 Å². The summed E-state index contributed by atoms with van der Waals surface area (Å²) in [6, 6.07) is 5.22. The number of nitrogens with one attached hydrogen (secondary N) is 5. The number of amides is 4. The third-order valence-corrected chi connectivity index (χ3v) is 14.6. The van der Waals surface area contributed by atoms with Gasteiger partial charge in [0.2, 0.25) is 23.6 Å². The number of likely N-dealkylation sites (tertiary alicyclic amines) is 2. The van der Waals surface area contributed by atoms with E-state index in [1.807, 2.05) is 32.6 Å². The average Bonchev–Trinajstić information content (AvgIpc) is 4.11. The number of ether oxygens (including phenoxy) is 1. The second kappa shape index (κ2) is 20.9. The molecule has 372 valence electrons. The molecule has 0 unspecified atom stereocenters. The van der Waals surface area contributed by atoms with Crippen LogP contribution in [0.3, 0.4) is 0 Å². The lowest BCUT2D eigenvalue weighted by atomic mass is 9.94. The van der Waals surface area contributed by atoms with Crippen LogP contribution in [0.4, 0.5) is 8.78 Å². The molecule has 0 aliphatic carbocycles. The van der Waals surface area contributed by atoms with Crippen molar-refractivity contribution in [1.29, 1.82) is 0 Å². The largest absolute Gasteiger partial charge is 0.388 e. The Kier molecular flexibility index (Phi) is 15.7. The molecule has 8 N–H and O–H groups in total. The number of aromatic nitrogens is 2. The van der Waals surface area contributed by atoms with E-state index in [9.17, 15) is 34.5 Å². The number of carbonyl (C=O) groups excluding carboxylic acids is 4. The van der Waals surface area contributed by atoms with Gasteiger partial charge < -0.3 is 60.7 Å². The standard InChI is InChI=1S/C50H70F2N8O8/c1-24(2)39(56-46(64)26(5)53-8)48(66)58-18-10-12-31(58)22-35-33-16-14-29(51)20-37(33)55-41(35)42-36(23-32-13-11-19-59(32)49(67)40(25(3)4)57-47(65)27(6)54-9)34-17-15-30(52)21-38(34)60(42)50-45(63)44(62)43(61)28(7)68-50/h14-17,20-21,24-28,31-32,39-40,43-45,50,53-55,61-63H,10-13,18-19,22-23H2,1-9H3,(H,56,64)(H,57,65)/t26-,27-,28-,31-,32-,39-,40-,43+,44+,45-,50-/m0/s1. The number of hydrogen-bond acceptors (Lipinski definition) is 10. The number of aliphatic hydroxyl groups is 3. The number of carbonyl (C=O) groups is 4. The summed E-state index contributed by atoms with van der Waals surface area (Å²) in [5, 5.41) is 47.0. The Labute approximate surface area is 396 Å². The number of fused-ring (bicyclic) bond motifs is 2. The first-order valence-corrected chi connectivity index (χ1v) is 24.2. The second-order valence-corrected chi connectivity index (χ2v) is 19.8. The van der Waals surface area contributed by atoms with Crippen LogP contribution in [0.2, 0.25) is 0 Å². The maximum absolute atomic E-state index is 15.7. The number of rotatable bonds is 16. The van der Waals surface area contributed by atoms with Crippen LogP contribution in [-0.2, 0) is 36.8 Å². The third kappa shape index (κ3) is 9.90. The fourth-order valence-electron chi connectivity index (χ4n) is 10.3. The van der Waals surface area contributed by atoms with Gasteiger partial charge in [0.15, 0.2) is 6.23 Å². The van der Waals surface area contributed by atoms with Gasteiger partial charge in [0.25, 0.3) is 0 Å². The molecule has 11 atom stereocenters. The van der Waals surface area contributed by atoms with Crippen molar-refractivity contribution in [2.75, 3.05) is 27.2 Å². The van der Waals surface area contributed by atoms with Crippen LogP contribution < -0.4 is 21.3 Å². The molecule has 3 aliphatic heterocycles. The zero-order valence-corrected chi connectivity index (χ0v) is 40.6. The molecule has 18 heteroatoms. The van der Waals surface area contributed by atoms with Crippen molar-refractivity contribution >= 4 is 45.4 Å². The van der Waals surface area contributed by atoms with Gasteiger partial charge in [-0.1, -0.05) is 27.7 Å². The van der Waals surface area contributed by atoms with Crippen LogP contribution in [0, 0.1) is 23.5 Å². The monoisotopic (exact) mass is 949 g/mol. The molecule has 3 aliphatic rings. The molecule has 2 aromatic heterocycles. The van der Waals surface area contributed by atoms with Gasteiger partial charge in [0.05, 0.1) is 35.1 Å². The summed E-state index contributed by atoms with van der Waals surface area (Å²) in [5.74, 6) is -2.65. The predicted octanol–water partition coefficient (Wildman–Crippen LogP) is 3.63. The maximum atomic E-state index is 15.7. The molecular formula is C50H70F2N8O8. The van der Waals surface area contributed by atoms with Crippen LogP contribution >= 0.6 is 0 Å². The van der Waals surface area contributed by atoms with E-state index in [1.54, 1.807) is 56.5 Å². The molecule has 7 rings (SSSR count). The quantitative estimate of drug-likeness (QED) is 0.0818. The van der Waals surface area contributed by atoms with Gasteiger partial charge in [0, 0.05) is 41.5 Å². The van der Waals surface area contributed by atoms with Gasteiger partial charge in [-0.25, -0.2) is 8.78 Å². The van der Waals surface area contributed by atoms with E-state index in [0.717, 1.165) is 0 Å². The van der Waals surface area contributed by atoms with Crippen LogP contribution in [0.1, 0.15) is 91.5 Å².